The van der Waals surface area contributed by atoms with Crippen LogP contribution in [0.25, 0.3) is 0 Å². The molecule has 0 aromatic heterocycles. The third-order valence-electron chi connectivity index (χ3n) is 6.62. The summed E-state index contributed by atoms with van der Waals surface area (Å²) in [4.78, 5) is 2.63. The van der Waals surface area contributed by atoms with Gasteiger partial charge >= 0.3 is 0 Å². The fraction of sp³-hybridized carbons (Fsp3) is 0.619. The molecule has 2 fully saturated rings. The van der Waals surface area contributed by atoms with E-state index >= 15 is 0 Å². The van der Waals surface area contributed by atoms with Crippen LogP contribution in [0.3, 0.4) is 0 Å². The number of hydrogen-bond donors (Lipinski definition) is 0. The molecule has 25 heavy (non-hydrogen) atoms. The van der Waals surface area contributed by atoms with Crippen molar-refractivity contribution in [1.82, 2.24) is 4.90 Å². The molecule has 2 aliphatic carbocycles. The Hall–Kier alpha value is -1.03. The number of ether oxygens (including phenoxy) is 2. The smallest absolute Gasteiger partial charge is 0.125 e. The van der Waals surface area contributed by atoms with Gasteiger partial charge in [0.25, 0.3) is 0 Å². The first kappa shape index (κ1) is 17.4. The molecule has 0 amide bonds. The highest BCUT2D eigenvalue weighted by atomic mass is 35.5. The van der Waals surface area contributed by atoms with E-state index in [1.54, 1.807) is 7.11 Å². The number of rotatable bonds is 5. The summed E-state index contributed by atoms with van der Waals surface area (Å²) in [5.74, 6) is 3.41. The van der Waals surface area contributed by atoms with E-state index in [1.165, 1.54) is 19.4 Å². The minimum absolute atomic E-state index is 0.290. The molecule has 1 aromatic rings. The fourth-order valence-electron chi connectivity index (χ4n) is 5.15. The third kappa shape index (κ3) is 3.22. The largest absolute Gasteiger partial charge is 0.496 e. The summed E-state index contributed by atoms with van der Waals surface area (Å²) in [5.41, 5.74) is 0.800. The van der Waals surface area contributed by atoms with E-state index in [2.05, 4.69) is 17.1 Å². The Morgan fingerprint density at radius 2 is 1.96 bits per heavy atom. The highest BCUT2D eigenvalue weighted by Gasteiger charge is 2.41. The fourth-order valence-corrected chi connectivity index (χ4v) is 5.32. The van der Waals surface area contributed by atoms with Crippen molar-refractivity contribution in [3.05, 3.63) is 40.9 Å². The number of piperidine rings is 1. The summed E-state index contributed by atoms with van der Waals surface area (Å²) in [5, 5.41) is 0.739. The first-order valence-corrected chi connectivity index (χ1v) is 9.81. The van der Waals surface area contributed by atoms with Gasteiger partial charge in [-0.05, 0) is 61.6 Å². The summed E-state index contributed by atoms with van der Waals surface area (Å²) < 4.78 is 11.6. The average Bonchev–Trinajstić information content (AvgIpc) is 3.26. The Balaban J connectivity index is 1.45. The summed E-state index contributed by atoms with van der Waals surface area (Å²) in [6.07, 6.45) is 9.63. The van der Waals surface area contributed by atoms with Crippen LogP contribution in [-0.4, -0.2) is 38.8 Å². The van der Waals surface area contributed by atoms with Gasteiger partial charge in [-0.2, -0.15) is 0 Å². The molecule has 1 heterocycles. The Kier molecular flexibility index (Phi) is 4.83. The summed E-state index contributed by atoms with van der Waals surface area (Å²) in [6, 6.07) is 5.84. The molecule has 2 bridgehead atoms. The number of hydrogen-bond acceptors (Lipinski definition) is 3. The van der Waals surface area contributed by atoms with E-state index in [-0.39, 0.29) is 5.60 Å². The van der Waals surface area contributed by atoms with Crippen molar-refractivity contribution in [2.45, 2.75) is 31.3 Å². The predicted molar refractivity (Wildman–Crippen MR) is 101 cm³/mol. The Morgan fingerprint density at radius 3 is 2.56 bits per heavy atom. The maximum absolute atomic E-state index is 6.26. The molecule has 1 saturated heterocycles. The molecule has 136 valence electrons. The molecule has 0 N–H and O–H groups in total. The van der Waals surface area contributed by atoms with Crippen molar-refractivity contribution in [1.29, 1.82) is 0 Å². The average molecular weight is 362 g/mol. The van der Waals surface area contributed by atoms with E-state index in [1.807, 2.05) is 25.3 Å². The van der Waals surface area contributed by atoms with Crippen molar-refractivity contribution in [2.24, 2.45) is 17.8 Å². The Bertz CT molecular complexity index is 651. The summed E-state index contributed by atoms with van der Waals surface area (Å²) in [7, 11) is 3.53. The van der Waals surface area contributed by atoms with Gasteiger partial charge < -0.3 is 14.4 Å². The second-order valence-electron chi connectivity index (χ2n) is 7.88. The van der Waals surface area contributed by atoms with Crippen molar-refractivity contribution < 1.29 is 9.47 Å². The first-order chi connectivity index (χ1) is 12.1. The Labute approximate surface area is 155 Å². The minimum Gasteiger partial charge on any atom is -0.496 e. The highest BCUT2D eigenvalue weighted by molar-refractivity contribution is 6.30. The number of allylic oxidation sites excluding steroid dienone is 2. The van der Waals surface area contributed by atoms with Crippen LogP contribution in [0.4, 0.5) is 0 Å². The molecule has 1 unspecified atom stereocenters. The van der Waals surface area contributed by atoms with Crippen molar-refractivity contribution >= 4 is 11.6 Å². The standard InChI is InChI=1S/C21H28ClNO2/c1-24-20-6-5-18(22)13-19(20)21(25-2)7-9-23(10-8-21)14-17-12-15-3-4-16(17)11-15/h3-6,13,15-17H,7-12,14H2,1-2H3/t15-,16?,17-/m0/s1. The lowest BCUT2D eigenvalue weighted by molar-refractivity contribution is -0.0659. The van der Waals surface area contributed by atoms with Crippen LogP contribution in [0.15, 0.2) is 30.4 Å². The lowest BCUT2D eigenvalue weighted by Crippen LogP contribution is -2.45. The van der Waals surface area contributed by atoms with Gasteiger partial charge in [0.15, 0.2) is 0 Å². The molecule has 1 aromatic carbocycles. The number of likely N-dealkylation sites (tertiary alicyclic amines) is 1. The zero-order chi connectivity index (χ0) is 17.4. The zero-order valence-electron chi connectivity index (χ0n) is 15.2. The van der Waals surface area contributed by atoms with Crippen LogP contribution in [0.5, 0.6) is 5.75 Å². The lowest BCUT2D eigenvalue weighted by Gasteiger charge is -2.42. The number of fused-ring (bicyclic) bond motifs is 2. The zero-order valence-corrected chi connectivity index (χ0v) is 16.0. The van der Waals surface area contributed by atoms with E-state index in [9.17, 15) is 0 Å². The normalized spacial score (nSPS) is 30.8. The number of methoxy groups -OCH3 is 2. The number of nitrogens with zero attached hydrogens (tertiary/aromatic N) is 1. The summed E-state index contributed by atoms with van der Waals surface area (Å²) in [6.45, 7) is 3.38. The van der Waals surface area contributed by atoms with Gasteiger partial charge in [-0.15, -0.1) is 0 Å². The molecular formula is C21H28ClNO2. The van der Waals surface area contributed by atoms with E-state index in [4.69, 9.17) is 21.1 Å². The minimum atomic E-state index is -0.290. The van der Waals surface area contributed by atoms with E-state index < -0.39 is 0 Å². The lowest BCUT2D eigenvalue weighted by atomic mass is 9.82. The van der Waals surface area contributed by atoms with E-state index in [0.29, 0.717) is 0 Å². The van der Waals surface area contributed by atoms with Crippen molar-refractivity contribution in [3.8, 4) is 5.75 Å². The third-order valence-corrected chi connectivity index (χ3v) is 6.85. The van der Waals surface area contributed by atoms with Crippen LogP contribution in [0, 0.1) is 17.8 Å². The predicted octanol–water partition coefficient (Wildman–Crippen LogP) is 4.50. The quantitative estimate of drug-likeness (QED) is 0.721. The molecule has 1 saturated carbocycles. The molecule has 3 aliphatic rings. The second-order valence-corrected chi connectivity index (χ2v) is 8.32. The van der Waals surface area contributed by atoms with Gasteiger partial charge in [0, 0.05) is 37.3 Å². The molecule has 3 atom stereocenters. The summed E-state index contributed by atoms with van der Waals surface area (Å²) >= 11 is 6.26. The van der Waals surface area contributed by atoms with Gasteiger partial charge in [-0.1, -0.05) is 23.8 Å². The van der Waals surface area contributed by atoms with Gasteiger partial charge in [-0.3, -0.25) is 0 Å². The molecular weight excluding hydrogens is 334 g/mol. The van der Waals surface area contributed by atoms with E-state index in [0.717, 1.165) is 60.0 Å². The molecule has 3 nitrogen and oxygen atoms in total. The van der Waals surface area contributed by atoms with Crippen molar-refractivity contribution in [2.75, 3.05) is 33.9 Å². The maximum atomic E-state index is 6.26. The van der Waals surface area contributed by atoms with Crippen LogP contribution in [-0.2, 0) is 10.3 Å². The second kappa shape index (κ2) is 6.94. The van der Waals surface area contributed by atoms with Crippen LogP contribution < -0.4 is 4.74 Å². The van der Waals surface area contributed by atoms with Crippen LogP contribution in [0.1, 0.15) is 31.2 Å². The molecule has 0 radical (unpaired) electrons. The molecule has 4 rings (SSSR count). The maximum Gasteiger partial charge on any atom is 0.125 e. The molecule has 4 heteroatoms. The van der Waals surface area contributed by atoms with Gasteiger partial charge in [0.1, 0.15) is 5.75 Å². The Morgan fingerprint density at radius 1 is 1.16 bits per heavy atom. The van der Waals surface area contributed by atoms with Gasteiger partial charge in [-0.25, -0.2) is 0 Å². The van der Waals surface area contributed by atoms with Crippen LogP contribution in [0.2, 0.25) is 5.02 Å². The van der Waals surface area contributed by atoms with Crippen LogP contribution >= 0.6 is 11.6 Å². The number of halogens is 1. The SMILES string of the molecule is COc1ccc(Cl)cc1C1(OC)CCN(C[C@@H]2C[C@H]3C=CC2C3)CC1. The van der Waals surface area contributed by atoms with Gasteiger partial charge in [0.05, 0.1) is 12.7 Å². The number of benzene rings is 1. The molecule has 0 spiro atoms. The van der Waals surface area contributed by atoms with Crippen molar-refractivity contribution in [3.63, 3.8) is 0 Å². The molecule has 1 aliphatic heterocycles. The first-order valence-electron chi connectivity index (χ1n) is 9.43. The van der Waals surface area contributed by atoms with Gasteiger partial charge in [0.2, 0.25) is 0 Å². The monoisotopic (exact) mass is 361 g/mol. The topological polar surface area (TPSA) is 21.7 Å². The highest BCUT2D eigenvalue weighted by Crippen LogP contribution is 2.45.